The number of nitrogens with two attached hydrogens (primary N) is 1. The van der Waals surface area contributed by atoms with Gasteiger partial charge in [-0.1, -0.05) is 44.2 Å². The van der Waals surface area contributed by atoms with Crippen molar-refractivity contribution in [3.05, 3.63) is 84.4 Å². The molecule has 158 valence electrons. The summed E-state index contributed by atoms with van der Waals surface area (Å²) in [5, 5.41) is 4.49. The van der Waals surface area contributed by atoms with Gasteiger partial charge in [0.15, 0.2) is 0 Å². The van der Waals surface area contributed by atoms with Gasteiger partial charge in [-0.25, -0.2) is 0 Å². The molecule has 5 nitrogen and oxygen atoms in total. The lowest BCUT2D eigenvalue weighted by molar-refractivity contribution is 0.100. The maximum absolute atomic E-state index is 11.7. The van der Waals surface area contributed by atoms with E-state index in [0.29, 0.717) is 12.2 Å². The predicted molar refractivity (Wildman–Crippen MR) is 124 cm³/mol. The number of hydrogen-bond donors (Lipinski definition) is 2. The van der Waals surface area contributed by atoms with Crippen LogP contribution >= 0.6 is 0 Å². The summed E-state index contributed by atoms with van der Waals surface area (Å²) in [5.74, 6) is 1.44. The fraction of sp³-hybridized carbons (Fsp3) is 0.192. The van der Waals surface area contributed by atoms with E-state index in [9.17, 15) is 4.79 Å². The first-order valence-electron chi connectivity index (χ1n) is 10.4. The number of nitrogens with one attached hydrogen (secondary N) is 1. The average molecular weight is 415 g/mol. The third-order valence-electron chi connectivity index (χ3n) is 5.33. The number of carbonyl (C=O) groups excluding carboxylic acids is 1. The van der Waals surface area contributed by atoms with E-state index in [4.69, 9.17) is 14.9 Å². The Morgan fingerprint density at radius 2 is 1.71 bits per heavy atom. The highest BCUT2D eigenvalue weighted by molar-refractivity contribution is 5.98. The number of benzene rings is 3. The van der Waals surface area contributed by atoms with Gasteiger partial charge in [-0.3, -0.25) is 4.79 Å². The van der Waals surface area contributed by atoms with Crippen molar-refractivity contribution in [1.29, 1.82) is 0 Å². The molecule has 4 aromatic rings. The molecular weight excluding hydrogens is 388 g/mol. The van der Waals surface area contributed by atoms with Crippen LogP contribution < -0.4 is 15.8 Å². The number of anilines is 1. The third-order valence-corrected chi connectivity index (χ3v) is 5.33. The van der Waals surface area contributed by atoms with Gasteiger partial charge < -0.3 is 20.2 Å². The zero-order valence-electron chi connectivity index (χ0n) is 17.7. The number of amides is 1. The van der Waals surface area contributed by atoms with Gasteiger partial charge in [0.2, 0.25) is 0 Å². The normalized spacial score (nSPS) is 12.1. The number of carbonyl (C=O) groups is 1. The summed E-state index contributed by atoms with van der Waals surface area (Å²) in [6, 6.07) is 25.1. The Morgan fingerprint density at radius 3 is 2.42 bits per heavy atom. The van der Waals surface area contributed by atoms with Crippen molar-refractivity contribution in [1.82, 2.24) is 0 Å². The minimum absolute atomic E-state index is 0.00977. The van der Waals surface area contributed by atoms with Crippen molar-refractivity contribution in [3.8, 4) is 17.1 Å². The molecule has 0 saturated carbocycles. The van der Waals surface area contributed by atoms with Gasteiger partial charge in [0.1, 0.15) is 23.7 Å². The number of furan rings is 1. The van der Waals surface area contributed by atoms with Crippen molar-refractivity contribution in [3.63, 3.8) is 0 Å². The van der Waals surface area contributed by atoms with Crippen LogP contribution in [-0.2, 0) is 0 Å². The molecule has 0 fully saturated rings. The van der Waals surface area contributed by atoms with E-state index in [1.54, 1.807) is 12.1 Å². The van der Waals surface area contributed by atoms with Crippen LogP contribution in [0.15, 0.2) is 83.3 Å². The van der Waals surface area contributed by atoms with Gasteiger partial charge in [0.25, 0.3) is 5.91 Å². The van der Waals surface area contributed by atoms with E-state index in [-0.39, 0.29) is 12.0 Å². The smallest absolute Gasteiger partial charge is 0.250 e. The lowest BCUT2D eigenvalue weighted by Gasteiger charge is -2.24. The van der Waals surface area contributed by atoms with E-state index in [0.717, 1.165) is 33.7 Å². The van der Waals surface area contributed by atoms with Gasteiger partial charge in [0.05, 0.1) is 11.6 Å². The Balaban J connectivity index is 1.44. The Bertz CT molecular complexity index is 1150. The van der Waals surface area contributed by atoms with Crippen molar-refractivity contribution in [2.45, 2.75) is 19.9 Å². The summed E-state index contributed by atoms with van der Waals surface area (Å²) in [6.07, 6.45) is 0. The monoisotopic (exact) mass is 414 g/mol. The van der Waals surface area contributed by atoms with E-state index in [2.05, 4.69) is 19.2 Å². The van der Waals surface area contributed by atoms with Crippen LogP contribution in [0.1, 0.15) is 24.2 Å². The van der Waals surface area contributed by atoms with Gasteiger partial charge >= 0.3 is 0 Å². The second-order valence-electron chi connectivity index (χ2n) is 7.89. The molecule has 0 radical (unpaired) electrons. The molecule has 0 saturated heterocycles. The lowest BCUT2D eigenvalue weighted by atomic mass is 10.0. The summed E-state index contributed by atoms with van der Waals surface area (Å²) >= 11 is 0. The van der Waals surface area contributed by atoms with Crippen LogP contribution in [0.5, 0.6) is 5.75 Å². The summed E-state index contributed by atoms with van der Waals surface area (Å²) in [4.78, 5) is 11.7. The molecular formula is C26H26N2O3. The highest BCUT2D eigenvalue weighted by atomic mass is 16.5. The molecule has 5 heteroatoms. The van der Waals surface area contributed by atoms with Crippen LogP contribution in [0.4, 0.5) is 5.69 Å². The van der Waals surface area contributed by atoms with Crippen LogP contribution in [0, 0.1) is 5.92 Å². The average Bonchev–Trinajstić information content (AvgIpc) is 3.21. The van der Waals surface area contributed by atoms with Crippen molar-refractivity contribution >= 4 is 22.6 Å². The van der Waals surface area contributed by atoms with Gasteiger partial charge in [0, 0.05) is 16.6 Å². The molecule has 0 aliphatic heterocycles. The van der Waals surface area contributed by atoms with E-state index < -0.39 is 5.91 Å². The topological polar surface area (TPSA) is 77.5 Å². The molecule has 4 rings (SSSR count). The van der Waals surface area contributed by atoms with Crippen LogP contribution in [0.3, 0.4) is 0 Å². The van der Waals surface area contributed by atoms with E-state index in [1.165, 1.54) is 0 Å². The number of primary amides is 1. The number of para-hydroxylation sites is 2. The molecule has 0 spiro atoms. The van der Waals surface area contributed by atoms with Gasteiger partial charge in [-0.05, 0) is 54.4 Å². The molecule has 1 amide bonds. The highest BCUT2D eigenvalue weighted by Crippen LogP contribution is 2.29. The number of ether oxygens (including phenoxy) is 1. The molecule has 0 bridgehead atoms. The number of hydrogen-bond acceptors (Lipinski definition) is 4. The van der Waals surface area contributed by atoms with Crippen LogP contribution in [0.25, 0.3) is 22.3 Å². The second kappa shape index (κ2) is 8.96. The zero-order chi connectivity index (χ0) is 21.8. The van der Waals surface area contributed by atoms with E-state index >= 15 is 0 Å². The quantitative estimate of drug-likeness (QED) is 0.387. The standard InChI is InChI=1S/C26H26N2O3/c1-17(2)23(28-22-9-5-4-8-21(22)26(27)29)16-30-20-13-11-18(12-14-20)25-15-19-7-3-6-10-24(19)31-25/h3-15,17,23,28H,16H2,1-2H3,(H2,27,29)/t23-/m1/s1. The largest absolute Gasteiger partial charge is 0.491 e. The molecule has 0 unspecified atom stereocenters. The Hall–Kier alpha value is -3.73. The molecule has 3 N–H and O–H groups in total. The highest BCUT2D eigenvalue weighted by Gasteiger charge is 2.17. The van der Waals surface area contributed by atoms with Crippen molar-refractivity contribution < 1.29 is 13.9 Å². The molecule has 3 aromatic carbocycles. The minimum Gasteiger partial charge on any atom is -0.491 e. The Kier molecular flexibility index (Phi) is 5.94. The molecule has 1 heterocycles. The number of rotatable bonds is 8. The fourth-order valence-electron chi connectivity index (χ4n) is 3.45. The molecule has 1 aromatic heterocycles. The predicted octanol–water partition coefficient (Wildman–Crippen LogP) is 5.71. The molecule has 0 aliphatic carbocycles. The van der Waals surface area contributed by atoms with Crippen LogP contribution in [0.2, 0.25) is 0 Å². The van der Waals surface area contributed by atoms with Gasteiger partial charge in [-0.2, -0.15) is 0 Å². The molecule has 0 aliphatic rings. The fourth-order valence-corrected chi connectivity index (χ4v) is 3.45. The van der Waals surface area contributed by atoms with Crippen molar-refractivity contribution in [2.24, 2.45) is 11.7 Å². The summed E-state index contributed by atoms with van der Waals surface area (Å²) in [7, 11) is 0. The SMILES string of the molecule is CC(C)[C@@H](COc1ccc(-c2cc3ccccc3o2)cc1)Nc1ccccc1C(N)=O. The van der Waals surface area contributed by atoms with Crippen LogP contribution in [-0.4, -0.2) is 18.6 Å². The first kappa shape index (κ1) is 20.5. The maximum atomic E-state index is 11.7. The van der Waals surface area contributed by atoms with E-state index in [1.807, 2.05) is 66.7 Å². The second-order valence-corrected chi connectivity index (χ2v) is 7.89. The summed E-state index contributed by atoms with van der Waals surface area (Å²) in [6.45, 7) is 4.67. The van der Waals surface area contributed by atoms with Crippen molar-refractivity contribution in [2.75, 3.05) is 11.9 Å². The minimum atomic E-state index is -0.451. The summed E-state index contributed by atoms with van der Waals surface area (Å²) in [5.41, 5.74) is 8.57. The third kappa shape index (κ3) is 4.72. The maximum Gasteiger partial charge on any atom is 0.250 e. The lowest BCUT2D eigenvalue weighted by Crippen LogP contribution is -2.33. The Labute approximate surface area is 181 Å². The summed E-state index contributed by atoms with van der Waals surface area (Å²) < 4.78 is 12.0. The molecule has 31 heavy (non-hydrogen) atoms. The number of fused-ring (bicyclic) bond motifs is 1. The first-order chi connectivity index (χ1) is 15.0. The Morgan fingerprint density at radius 1 is 1.00 bits per heavy atom. The first-order valence-corrected chi connectivity index (χ1v) is 10.4. The van der Waals surface area contributed by atoms with Gasteiger partial charge in [-0.15, -0.1) is 0 Å². The molecule has 1 atom stereocenters. The zero-order valence-corrected chi connectivity index (χ0v) is 17.7.